The maximum absolute atomic E-state index is 13.3. The number of carbonyl (C=O) groups is 2. The Labute approximate surface area is 178 Å². The van der Waals surface area contributed by atoms with E-state index in [1.807, 2.05) is 0 Å². The molecule has 0 saturated carbocycles. The summed E-state index contributed by atoms with van der Waals surface area (Å²) in [5.41, 5.74) is 1.16. The third-order valence-corrected chi connectivity index (χ3v) is 5.46. The first-order valence-corrected chi connectivity index (χ1v) is 10.0. The number of pyridine rings is 1. The molecule has 0 atom stereocenters. The van der Waals surface area contributed by atoms with Crippen LogP contribution < -0.4 is 5.56 Å². The molecular formula is C23H22FN3O4. The molecule has 8 heteroatoms. The fourth-order valence-corrected chi connectivity index (χ4v) is 3.74. The van der Waals surface area contributed by atoms with Crippen LogP contribution in [0.1, 0.15) is 32.7 Å². The summed E-state index contributed by atoms with van der Waals surface area (Å²) in [6.45, 7) is 3.37. The Morgan fingerprint density at radius 3 is 2.26 bits per heavy atom. The van der Waals surface area contributed by atoms with Gasteiger partial charge in [-0.3, -0.25) is 19.0 Å². The van der Waals surface area contributed by atoms with Gasteiger partial charge in [-0.05, 0) is 55.3 Å². The molecule has 1 aromatic carbocycles. The summed E-state index contributed by atoms with van der Waals surface area (Å²) in [6.07, 6.45) is 5.04. The van der Waals surface area contributed by atoms with Gasteiger partial charge in [0.1, 0.15) is 17.6 Å². The summed E-state index contributed by atoms with van der Waals surface area (Å²) in [5.74, 6) is -0.909. The molecule has 3 heterocycles. The molecule has 160 valence electrons. The highest BCUT2D eigenvalue weighted by molar-refractivity contribution is 5.96. The van der Waals surface area contributed by atoms with Crippen LogP contribution >= 0.6 is 0 Å². The molecule has 0 radical (unpaired) electrons. The Bertz CT molecular complexity index is 1150. The van der Waals surface area contributed by atoms with Gasteiger partial charge in [-0.15, -0.1) is 0 Å². The highest BCUT2D eigenvalue weighted by Gasteiger charge is 2.26. The van der Waals surface area contributed by atoms with Crippen molar-refractivity contribution in [1.82, 2.24) is 14.4 Å². The molecule has 31 heavy (non-hydrogen) atoms. The van der Waals surface area contributed by atoms with E-state index in [0.29, 0.717) is 49.4 Å². The molecule has 1 fully saturated rings. The van der Waals surface area contributed by atoms with Crippen LogP contribution in [0.25, 0.3) is 5.69 Å². The van der Waals surface area contributed by atoms with Crippen molar-refractivity contribution in [2.75, 3.05) is 26.2 Å². The van der Waals surface area contributed by atoms with Gasteiger partial charge in [0.2, 0.25) is 0 Å². The van der Waals surface area contributed by atoms with E-state index in [9.17, 15) is 18.8 Å². The molecule has 0 N–H and O–H groups in total. The third kappa shape index (κ3) is 4.14. The van der Waals surface area contributed by atoms with Gasteiger partial charge < -0.3 is 14.2 Å². The van der Waals surface area contributed by atoms with Crippen molar-refractivity contribution in [1.29, 1.82) is 0 Å². The Kier molecular flexibility index (Phi) is 5.70. The van der Waals surface area contributed by atoms with Crippen molar-refractivity contribution in [2.24, 2.45) is 0 Å². The monoisotopic (exact) mass is 423 g/mol. The Morgan fingerprint density at radius 2 is 1.61 bits per heavy atom. The summed E-state index contributed by atoms with van der Waals surface area (Å²) in [4.78, 5) is 42.3. The lowest BCUT2D eigenvalue weighted by molar-refractivity contribution is 0.0716. The first-order valence-electron chi connectivity index (χ1n) is 10.0. The second-order valence-corrected chi connectivity index (χ2v) is 7.48. The van der Waals surface area contributed by atoms with Crippen LogP contribution in [0.5, 0.6) is 0 Å². The molecule has 0 unspecified atom stereocenters. The van der Waals surface area contributed by atoms with Crippen LogP contribution in [-0.2, 0) is 0 Å². The quantitative estimate of drug-likeness (QED) is 0.649. The minimum atomic E-state index is -0.452. The predicted octanol–water partition coefficient (Wildman–Crippen LogP) is 2.87. The number of rotatable bonds is 3. The molecule has 0 spiro atoms. The van der Waals surface area contributed by atoms with Crippen LogP contribution in [0.2, 0.25) is 0 Å². The molecule has 7 nitrogen and oxygen atoms in total. The minimum Gasteiger partial charge on any atom is -0.472 e. The van der Waals surface area contributed by atoms with Crippen LogP contribution in [0, 0.1) is 12.7 Å². The van der Waals surface area contributed by atoms with E-state index in [1.54, 1.807) is 35.1 Å². The van der Waals surface area contributed by atoms with Gasteiger partial charge in [0.15, 0.2) is 0 Å². The molecule has 4 rings (SSSR count). The van der Waals surface area contributed by atoms with E-state index in [-0.39, 0.29) is 17.4 Å². The van der Waals surface area contributed by atoms with Crippen LogP contribution in [0.4, 0.5) is 4.39 Å². The molecule has 3 aromatic rings. The Morgan fingerprint density at radius 1 is 0.935 bits per heavy atom. The number of halogens is 1. The zero-order valence-electron chi connectivity index (χ0n) is 17.1. The van der Waals surface area contributed by atoms with E-state index in [4.69, 9.17) is 4.42 Å². The summed E-state index contributed by atoms with van der Waals surface area (Å²) >= 11 is 0. The van der Waals surface area contributed by atoms with Gasteiger partial charge >= 0.3 is 0 Å². The second kappa shape index (κ2) is 8.59. The van der Waals surface area contributed by atoms with Gasteiger partial charge in [-0.25, -0.2) is 4.39 Å². The van der Waals surface area contributed by atoms with E-state index in [0.717, 1.165) is 0 Å². The summed E-state index contributed by atoms with van der Waals surface area (Å²) in [7, 11) is 0. The van der Waals surface area contributed by atoms with E-state index >= 15 is 0 Å². The number of furan rings is 1. The number of amides is 2. The largest absolute Gasteiger partial charge is 0.472 e. The third-order valence-electron chi connectivity index (χ3n) is 5.46. The first kappa shape index (κ1) is 20.6. The van der Waals surface area contributed by atoms with Gasteiger partial charge in [0.25, 0.3) is 17.4 Å². The predicted molar refractivity (Wildman–Crippen MR) is 112 cm³/mol. The number of nitrogens with zero attached hydrogens (tertiary/aromatic N) is 3. The number of hydrogen-bond acceptors (Lipinski definition) is 4. The zero-order chi connectivity index (χ0) is 22.0. The van der Waals surface area contributed by atoms with E-state index in [1.165, 1.54) is 41.4 Å². The average Bonchev–Trinajstić information content (AvgIpc) is 3.19. The Balaban J connectivity index is 1.57. The zero-order valence-corrected chi connectivity index (χ0v) is 17.1. The fourth-order valence-electron chi connectivity index (χ4n) is 3.74. The van der Waals surface area contributed by atoms with Crippen LogP contribution in [0.15, 0.2) is 64.3 Å². The van der Waals surface area contributed by atoms with E-state index in [2.05, 4.69) is 0 Å². The van der Waals surface area contributed by atoms with Gasteiger partial charge in [-0.2, -0.15) is 0 Å². The first-order chi connectivity index (χ1) is 15.0. The summed E-state index contributed by atoms with van der Waals surface area (Å²) in [5, 5.41) is 0. The summed E-state index contributed by atoms with van der Waals surface area (Å²) in [6, 6.07) is 8.83. The number of carbonyl (C=O) groups excluding carboxylic acids is 2. The molecule has 1 aliphatic rings. The van der Waals surface area contributed by atoms with Crippen molar-refractivity contribution >= 4 is 11.8 Å². The van der Waals surface area contributed by atoms with Crippen molar-refractivity contribution in [2.45, 2.75) is 13.3 Å². The second-order valence-electron chi connectivity index (χ2n) is 7.48. The summed E-state index contributed by atoms with van der Waals surface area (Å²) < 4.78 is 19.6. The van der Waals surface area contributed by atoms with Crippen LogP contribution in [-0.4, -0.2) is 52.4 Å². The smallest absolute Gasteiger partial charge is 0.268 e. The number of aryl methyl sites for hydroxylation is 1. The van der Waals surface area contributed by atoms with Gasteiger partial charge in [0, 0.05) is 38.1 Å². The lowest BCUT2D eigenvalue weighted by Gasteiger charge is -2.22. The van der Waals surface area contributed by atoms with Crippen molar-refractivity contribution in [3.63, 3.8) is 0 Å². The van der Waals surface area contributed by atoms with Gasteiger partial charge in [0.05, 0.1) is 11.8 Å². The maximum atomic E-state index is 13.3. The average molecular weight is 423 g/mol. The number of aromatic nitrogens is 1. The molecule has 0 aliphatic carbocycles. The highest BCUT2D eigenvalue weighted by Crippen LogP contribution is 2.14. The SMILES string of the molecule is Cc1ccn(-c2ccc(F)cc2)c(=O)c1C(=O)N1CCCN(C(=O)c2ccoc2)CC1. The van der Waals surface area contributed by atoms with Crippen molar-refractivity contribution in [3.8, 4) is 5.69 Å². The number of hydrogen-bond donors (Lipinski definition) is 0. The van der Waals surface area contributed by atoms with Crippen LogP contribution in [0.3, 0.4) is 0 Å². The normalized spacial score (nSPS) is 14.4. The molecule has 2 aromatic heterocycles. The maximum Gasteiger partial charge on any atom is 0.268 e. The van der Waals surface area contributed by atoms with Crippen molar-refractivity contribution in [3.05, 3.63) is 88.0 Å². The standard InChI is InChI=1S/C23H22FN3O4/c1-16-7-11-27(19-5-3-18(24)4-6-19)23(30)20(16)22(29)26-10-2-9-25(12-13-26)21(28)17-8-14-31-15-17/h3-8,11,14-15H,2,9-10,12-13H2,1H3. The minimum absolute atomic E-state index is 0.0847. The van der Waals surface area contributed by atoms with Gasteiger partial charge in [-0.1, -0.05) is 0 Å². The Hall–Kier alpha value is -3.68. The number of benzene rings is 1. The lowest BCUT2D eigenvalue weighted by Crippen LogP contribution is -2.40. The molecular weight excluding hydrogens is 401 g/mol. The fraction of sp³-hybridized carbons (Fsp3) is 0.261. The molecule has 1 aliphatic heterocycles. The lowest BCUT2D eigenvalue weighted by atomic mass is 10.1. The topological polar surface area (TPSA) is 75.8 Å². The highest BCUT2D eigenvalue weighted by atomic mass is 19.1. The van der Waals surface area contributed by atoms with E-state index < -0.39 is 11.4 Å². The van der Waals surface area contributed by atoms with Crippen molar-refractivity contribution < 1.29 is 18.4 Å². The molecule has 1 saturated heterocycles. The molecule has 0 bridgehead atoms. The molecule has 2 amide bonds.